The zero-order valence-electron chi connectivity index (χ0n) is 13.6. The lowest BCUT2D eigenvalue weighted by molar-refractivity contribution is 0.302. The number of pyridine rings is 1. The van der Waals surface area contributed by atoms with Crippen LogP contribution < -0.4 is 0 Å². The minimum atomic E-state index is 0.706. The quantitative estimate of drug-likeness (QED) is 0.664. The van der Waals surface area contributed by atoms with E-state index in [1.54, 1.807) is 6.20 Å². The molecule has 1 aromatic heterocycles. The topological polar surface area (TPSA) is 28.5 Å². The molecule has 0 spiro atoms. The predicted molar refractivity (Wildman–Crippen MR) is 96.5 cm³/mol. The Bertz CT molecular complexity index is 648. The van der Waals surface area contributed by atoms with Gasteiger partial charge in [-0.05, 0) is 63.7 Å². The highest BCUT2D eigenvalue weighted by Gasteiger charge is 2.03. The zero-order chi connectivity index (χ0) is 15.9. The van der Waals surface area contributed by atoms with E-state index >= 15 is 0 Å². The van der Waals surface area contributed by atoms with E-state index in [1.165, 1.54) is 0 Å². The van der Waals surface area contributed by atoms with E-state index in [0.29, 0.717) is 5.02 Å². The predicted octanol–water partition coefficient (Wildman–Crippen LogP) is 5.10. The number of hydrogen-bond acceptors (Lipinski definition) is 3. The number of benzene rings is 1. The van der Waals surface area contributed by atoms with Crippen LogP contribution in [0.15, 0.2) is 35.5 Å². The first-order valence-electron chi connectivity index (χ1n) is 7.94. The van der Waals surface area contributed by atoms with Crippen LogP contribution in [0, 0.1) is 0 Å². The van der Waals surface area contributed by atoms with Gasteiger partial charge in [-0.15, -0.1) is 0 Å². The summed E-state index contributed by atoms with van der Waals surface area (Å²) in [5.74, 6) is 0. The lowest BCUT2D eigenvalue weighted by Gasteiger charge is -2.17. The highest BCUT2D eigenvalue weighted by atomic mass is 35.5. The molecule has 0 aliphatic carbocycles. The molecule has 0 unspecified atom stereocenters. The largest absolute Gasteiger partial charge is 0.304 e. The molecule has 0 N–H and O–H groups in total. The monoisotopic (exact) mass is 317 g/mol. The minimum absolute atomic E-state index is 0.706. The van der Waals surface area contributed by atoms with Gasteiger partial charge in [-0.3, -0.25) is 9.98 Å². The maximum Gasteiger partial charge on any atom is 0.0738 e. The molecule has 2 aromatic rings. The van der Waals surface area contributed by atoms with Gasteiger partial charge in [-0.25, -0.2) is 0 Å². The second kappa shape index (κ2) is 8.25. The highest BCUT2D eigenvalue weighted by Crippen LogP contribution is 2.26. The van der Waals surface area contributed by atoms with E-state index in [2.05, 4.69) is 30.7 Å². The van der Waals surface area contributed by atoms with Crippen LogP contribution in [0.4, 0.5) is 5.69 Å². The third kappa shape index (κ3) is 4.52. The van der Waals surface area contributed by atoms with Crippen LogP contribution >= 0.6 is 11.6 Å². The molecule has 2 rings (SSSR count). The van der Waals surface area contributed by atoms with E-state index in [9.17, 15) is 0 Å². The van der Waals surface area contributed by atoms with Crippen molar-refractivity contribution >= 4 is 33.9 Å². The number of fused-ring (bicyclic) bond motifs is 1. The van der Waals surface area contributed by atoms with Crippen LogP contribution in [0.1, 0.15) is 33.6 Å². The Balaban J connectivity index is 2.08. The summed E-state index contributed by atoms with van der Waals surface area (Å²) < 4.78 is 0. The molecule has 22 heavy (non-hydrogen) atoms. The molecule has 0 atom stereocenters. The number of hydrogen-bond donors (Lipinski definition) is 0. The van der Waals surface area contributed by atoms with E-state index in [4.69, 9.17) is 16.6 Å². The fraction of sp³-hybridized carbons (Fsp3) is 0.444. The molecule has 1 aromatic carbocycles. The lowest BCUT2D eigenvalue weighted by atomic mass is 10.1. The first-order valence-corrected chi connectivity index (χ1v) is 8.32. The number of aliphatic imine (C=N–C) groups is 1. The molecular formula is C18H24ClN3. The molecule has 0 saturated heterocycles. The zero-order valence-corrected chi connectivity index (χ0v) is 14.4. The molecule has 0 aliphatic heterocycles. The first kappa shape index (κ1) is 16.9. The average molecular weight is 318 g/mol. The molecule has 0 bridgehead atoms. The smallest absolute Gasteiger partial charge is 0.0738 e. The Kier molecular flexibility index (Phi) is 6.34. The number of rotatable bonds is 7. The standard InChI is InChI=1S/C18H24ClN3/c1-4-22(5-2)12-6-7-14(3)21-17-10-11-20-18-13-15(19)8-9-16(17)18/h8-11,13H,4-7,12H2,1-3H3. The van der Waals surface area contributed by atoms with Crippen LogP contribution in [0.2, 0.25) is 5.02 Å². The van der Waals surface area contributed by atoms with Crippen LogP contribution in [0.5, 0.6) is 0 Å². The number of nitrogens with zero attached hydrogens (tertiary/aromatic N) is 3. The summed E-state index contributed by atoms with van der Waals surface area (Å²) in [6.45, 7) is 9.87. The summed E-state index contributed by atoms with van der Waals surface area (Å²) in [7, 11) is 0. The van der Waals surface area contributed by atoms with Gasteiger partial charge in [0.25, 0.3) is 0 Å². The van der Waals surface area contributed by atoms with Gasteiger partial charge in [-0.2, -0.15) is 0 Å². The SMILES string of the molecule is CCN(CC)CCCC(C)=Nc1ccnc2cc(Cl)ccc12. The van der Waals surface area contributed by atoms with E-state index in [0.717, 1.165) is 54.8 Å². The molecule has 0 amide bonds. The molecule has 0 fully saturated rings. The number of aromatic nitrogens is 1. The first-order chi connectivity index (χ1) is 10.6. The summed E-state index contributed by atoms with van der Waals surface area (Å²) in [6, 6.07) is 7.72. The van der Waals surface area contributed by atoms with Crippen molar-refractivity contribution in [2.45, 2.75) is 33.6 Å². The van der Waals surface area contributed by atoms with Crippen molar-refractivity contribution < 1.29 is 0 Å². The highest BCUT2D eigenvalue weighted by molar-refractivity contribution is 6.31. The van der Waals surface area contributed by atoms with Gasteiger partial charge in [0.05, 0.1) is 11.2 Å². The maximum absolute atomic E-state index is 6.02. The van der Waals surface area contributed by atoms with E-state index in [1.807, 2.05) is 24.3 Å². The van der Waals surface area contributed by atoms with Crippen LogP contribution in [-0.2, 0) is 0 Å². The van der Waals surface area contributed by atoms with Gasteiger partial charge in [0, 0.05) is 22.3 Å². The maximum atomic E-state index is 6.02. The van der Waals surface area contributed by atoms with Crippen molar-refractivity contribution in [1.29, 1.82) is 0 Å². The van der Waals surface area contributed by atoms with E-state index < -0.39 is 0 Å². The Morgan fingerprint density at radius 1 is 1.23 bits per heavy atom. The Morgan fingerprint density at radius 3 is 2.73 bits per heavy atom. The van der Waals surface area contributed by atoms with Crippen LogP contribution in [0.25, 0.3) is 10.9 Å². The molecule has 0 aliphatic rings. The van der Waals surface area contributed by atoms with Gasteiger partial charge < -0.3 is 4.90 Å². The fourth-order valence-corrected chi connectivity index (χ4v) is 2.73. The second-order valence-electron chi connectivity index (χ2n) is 5.47. The van der Waals surface area contributed by atoms with Gasteiger partial charge >= 0.3 is 0 Å². The Labute approximate surface area is 138 Å². The van der Waals surface area contributed by atoms with Gasteiger partial charge in [0.1, 0.15) is 0 Å². The Hall–Kier alpha value is -1.45. The summed E-state index contributed by atoms with van der Waals surface area (Å²) in [5, 5.41) is 1.76. The number of halogens is 1. The van der Waals surface area contributed by atoms with Crippen molar-refractivity contribution in [1.82, 2.24) is 9.88 Å². The third-order valence-electron chi connectivity index (χ3n) is 3.90. The molecule has 3 nitrogen and oxygen atoms in total. The van der Waals surface area contributed by atoms with Gasteiger partial charge in [0.2, 0.25) is 0 Å². The second-order valence-corrected chi connectivity index (χ2v) is 5.91. The summed E-state index contributed by atoms with van der Waals surface area (Å²) >= 11 is 6.02. The lowest BCUT2D eigenvalue weighted by Crippen LogP contribution is -2.24. The summed E-state index contributed by atoms with van der Waals surface area (Å²) in [5.41, 5.74) is 3.03. The molecular weight excluding hydrogens is 294 g/mol. The van der Waals surface area contributed by atoms with Crippen LogP contribution in [0.3, 0.4) is 0 Å². The van der Waals surface area contributed by atoms with Crippen LogP contribution in [-0.4, -0.2) is 35.2 Å². The van der Waals surface area contributed by atoms with Crippen molar-refractivity contribution in [2.75, 3.05) is 19.6 Å². The van der Waals surface area contributed by atoms with Crippen molar-refractivity contribution in [3.05, 3.63) is 35.5 Å². The minimum Gasteiger partial charge on any atom is -0.304 e. The van der Waals surface area contributed by atoms with E-state index in [-0.39, 0.29) is 0 Å². The third-order valence-corrected chi connectivity index (χ3v) is 4.14. The molecule has 118 valence electrons. The molecule has 4 heteroatoms. The molecule has 0 radical (unpaired) electrons. The molecule has 0 saturated carbocycles. The van der Waals surface area contributed by atoms with Crippen molar-refractivity contribution in [3.63, 3.8) is 0 Å². The Morgan fingerprint density at radius 2 is 2.00 bits per heavy atom. The average Bonchev–Trinajstić information content (AvgIpc) is 2.51. The van der Waals surface area contributed by atoms with Crippen molar-refractivity contribution in [3.8, 4) is 0 Å². The fourth-order valence-electron chi connectivity index (χ4n) is 2.56. The van der Waals surface area contributed by atoms with Crippen molar-refractivity contribution in [2.24, 2.45) is 4.99 Å². The van der Waals surface area contributed by atoms with Gasteiger partial charge in [-0.1, -0.05) is 25.4 Å². The summed E-state index contributed by atoms with van der Waals surface area (Å²) in [4.78, 5) is 11.6. The normalized spacial score (nSPS) is 12.3. The summed E-state index contributed by atoms with van der Waals surface area (Å²) in [6.07, 6.45) is 3.96. The molecule has 1 heterocycles. The van der Waals surface area contributed by atoms with Gasteiger partial charge in [0.15, 0.2) is 0 Å².